The molecule has 1 fully saturated rings. The lowest BCUT2D eigenvalue weighted by Crippen LogP contribution is -2.43. The maximum atomic E-state index is 11.1. The molecule has 1 N–H and O–H groups in total. The van der Waals surface area contributed by atoms with Crippen molar-refractivity contribution in [2.24, 2.45) is 5.92 Å². The zero-order valence-electron chi connectivity index (χ0n) is 11.3. The van der Waals surface area contributed by atoms with Crippen LogP contribution in [-0.4, -0.2) is 57.5 Å². The molecular formula is C12H26N2O2S. The summed E-state index contributed by atoms with van der Waals surface area (Å²) in [5.41, 5.74) is 0. The van der Waals surface area contributed by atoms with E-state index in [1.54, 1.807) is 0 Å². The number of hydrogen-bond donors (Lipinski definition) is 1. The van der Waals surface area contributed by atoms with Crippen LogP contribution in [0.4, 0.5) is 0 Å². The van der Waals surface area contributed by atoms with Gasteiger partial charge in [-0.15, -0.1) is 0 Å². The molecule has 1 aliphatic heterocycles. The van der Waals surface area contributed by atoms with Gasteiger partial charge in [-0.1, -0.05) is 6.92 Å². The summed E-state index contributed by atoms with van der Waals surface area (Å²) in [6.45, 7) is 8.57. The highest BCUT2D eigenvalue weighted by molar-refractivity contribution is 7.90. The van der Waals surface area contributed by atoms with Crippen LogP contribution in [0.5, 0.6) is 0 Å². The Bertz CT molecular complexity index is 316. The fourth-order valence-corrected chi connectivity index (χ4v) is 2.88. The maximum Gasteiger partial charge on any atom is 0.147 e. The van der Waals surface area contributed by atoms with Crippen LogP contribution >= 0.6 is 0 Å². The molecule has 4 nitrogen and oxygen atoms in total. The Hall–Kier alpha value is -0.130. The van der Waals surface area contributed by atoms with E-state index < -0.39 is 9.84 Å². The molecule has 0 aromatic carbocycles. The summed E-state index contributed by atoms with van der Waals surface area (Å²) >= 11 is 0. The third-order valence-corrected chi connectivity index (χ3v) is 4.28. The van der Waals surface area contributed by atoms with Crippen molar-refractivity contribution in [3.8, 4) is 0 Å². The minimum absolute atomic E-state index is 0.311. The summed E-state index contributed by atoms with van der Waals surface area (Å²) in [6, 6.07) is 0.565. The Labute approximate surface area is 106 Å². The van der Waals surface area contributed by atoms with Crippen molar-refractivity contribution >= 4 is 9.84 Å². The van der Waals surface area contributed by atoms with E-state index in [2.05, 4.69) is 24.1 Å². The van der Waals surface area contributed by atoms with E-state index in [0.29, 0.717) is 17.7 Å². The minimum atomic E-state index is -2.80. The lowest BCUT2D eigenvalue weighted by Gasteiger charge is -2.31. The highest BCUT2D eigenvalue weighted by Gasteiger charge is 2.16. The summed E-state index contributed by atoms with van der Waals surface area (Å²) in [4.78, 5) is 2.41. The Morgan fingerprint density at radius 3 is 2.71 bits per heavy atom. The van der Waals surface area contributed by atoms with Crippen LogP contribution in [-0.2, 0) is 9.84 Å². The largest absolute Gasteiger partial charge is 0.314 e. The molecule has 0 amide bonds. The molecule has 1 saturated heterocycles. The van der Waals surface area contributed by atoms with Gasteiger partial charge in [0.25, 0.3) is 0 Å². The van der Waals surface area contributed by atoms with Crippen LogP contribution in [0.15, 0.2) is 0 Å². The zero-order chi connectivity index (χ0) is 12.9. The van der Waals surface area contributed by atoms with Gasteiger partial charge < -0.3 is 10.2 Å². The lowest BCUT2D eigenvalue weighted by atomic mass is 10.1. The van der Waals surface area contributed by atoms with Crippen molar-refractivity contribution in [1.29, 1.82) is 0 Å². The number of hydrogen-bond acceptors (Lipinski definition) is 4. The molecule has 0 radical (unpaired) electrons. The second-order valence-electron chi connectivity index (χ2n) is 5.49. The Morgan fingerprint density at radius 1 is 1.35 bits per heavy atom. The van der Waals surface area contributed by atoms with E-state index in [-0.39, 0.29) is 0 Å². The molecular weight excluding hydrogens is 236 g/mol. The smallest absolute Gasteiger partial charge is 0.147 e. The summed E-state index contributed by atoms with van der Waals surface area (Å²) in [6.07, 6.45) is 3.22. The van der Waals surface area contributed by atoms with Gasteiger partial charge in [-0.25, -0.2) is 8.42 Å². The Balaban J connectivity index is 2.34. The Morgan fingerprint density at radius 2 is 2.06 bits per heavy atom. The van der Waals surface area contributed by atoms with Crippen molar-refractivity contribution < 1.29 is 8.42 Å². The van der Waals surface area contributed by atoms with Gasteiger partial charge in [-0.3, -0.25) is 0 Å². The molecule has 17 heavy (non-hydrogen) atoms. The molecule has 0 spiro atoms. The van der Waals surface area contributed by atoms with Crippen LogP contribution in [0.2, 0.25) is 0 Å². The van der Waals surface area contributed by atoms with Gasteiger partial charge in [0.1, 0.15) is 9.84 Å². The van der Waals surface area contributed by atoms with E-state index in [0.717, 1.165) is 39.0 Å². The van der Waals surface area contributed by atoms with Crippen molar-refractivity contribution in [2.75, 3.05) is 38.2 Å². The van der Waals surface area contributed by atoms with Gasteiger partial charge >= 0.3 is 0 Å². The van der Waals surface area contributed by atoms with Crippen molar-refractivity contribution in [3.05, 3.63) is 0 Å². The molecule has 1 aliphatic rings. The fraction of sp³-hybridized carbons (Fsp3) is 1.00. The van der Waals surface area contributed by atoms with E-state index in [1.165, 1.54) is 6.26 Å². The highest BCUT2D eigenvalue weighted by atomic mass is 32.2. The van der Waals surface area contributed by atoms with Crippen molar-refractivity contribution in [3.63, 3.8) is 0 Å². The standard InChI is InChI=1S/C12H26N2O2S/c1-11-9-13-12(2)5-7-14(10-11)6-4-8-17(3,15)16/h11-13H,4-10H2,1-3H3. The predicted molar refractivity (Wildman–Crippen MR) is 72.0 cm³/mol. The van der Waals surface area contributed by atoms with E-state index >= 15 is 0 Å². The average Bonchev–Trinajstić information content (AvgIpc) is 2.19. The second-order valence-corrected chi connectivity index (χ2v) is 7.75. The summed E-state index contributed by atoms with van der Waals surface area (Å²) in [5, 5.41) is 3.51. The van der Waals surface area contributed by atoms with Crippen LogP contribution in [0, 0.1) is 5.92 Å². The number of nitrogens with one attached hydrogen (secondary N) is 1. The fourth-order valence-electron chi connectivity index (χ4n) is 2.23. The van der Waals surface area contributed by atoms with Crippen LogP contribution < -0.4 is 5.32 Å². The zero-order valence-corrected chi connectivity index (χ0v) is 12.1. The SMILES string of the molecule is CC1CNC(C)CCN(CCCS(C)(=O)=O)C1. The normalized spacial score (nSPS) is 28.6. The van der Waals surface area contributed by atoms with E-state index in [4.69, 9.17) is 0 Å². The van der Waals surface area contributed by atoms with Gasteiger partial charge in [0.05, 0.1) is 5.75 Å². The van der Waals surface area contributed by atoms with Crippen molar-refractivity contribution in [1.82, 2.24) is 10.2 Å². The topological polar surface area (TPSA) is 49.4 Å². The monoisotopic (exact) mass is 262 g/mol. The first-order chi connectivity index (χ1) is 7.87. The number of sulfone groups is 1. The first-order valence-electron chi connectivity index (χ1n) is 6.50. The van der Waals surface area contributed by atoms with Gasteiger partial charge in [-0.2, -0.15) is 0 Å². The molecule has 5 heteroatoms. The maximum absolute atomic E-state index is 11.1. The quantitative estimate of drug-likeness (QED) is 0.812. The highest BCUT2D eigenvalue weighted by Crippen LogP contribution is 2.07. The lowest BCUT2D eigenvalue weighted by molar-refractivity contribution is 0.202. The molecule has 1 rings (SSSR count). The molecule has 0 saturated carbocycles. The third-order valence-electron chi connectivity index (χ3n) is 3.25. The molecule has 0 aromatic heterocycles. The van der Waals surface area contributed by atoms with E-state index in [9.17, 15) is 8.42 Å². The minimum Gasteiger partial charge on any atom is -0.314 e. The number of rotatable bonds is 4. The molecule has 2 atom stereocenters. The number of nitrogens with zero attached hydrogens (tertiary/aromatic N) is 1. The van der Waals surface area contributed by atoms with Gasteiger partial charge in [0, 0.05) is 18.8 Å². The van der Waals surface area contributed by atoms with Crippen LogP contribution in [0.25, 0.3) is 0 Å². The summed E-state index contributed by atoms with van der Waals surface area (Å²) in [5.74, 6) is 0.946. The van der Waals surface area contributed by atoms with E-state index in [1.807, 2.05) is 0 Å². The summed E-state index contributed by atoms with van der Waals surface area (Å²) < 4.78 is 22.2. The molecule has 0 aromatic rings. The first-order valence-corrected chi connectivity index (χ1v) is 8.56. The van der Waals surface area contributed by atoms with Crippen LogP contribution in [0.3, 0.4) is 0 Å². The second kappa shape index (κ2) is 6.71. The summed E-state index contributed by atoms with van der Waals surface area (Å²) in [7, 11) is -2.80. The molecule has 0 aliphatic carbocycles. The van der Waals surface area contributed by atoms with Crippen LogP contribution in [0.1, 0.15) is 26.7 Å². The van der Waals surface area contributed by atoms with Crippen molar-refractivity contribution in [2.45, 2.75) is 32.7 Å². The molecule has 102 valence electrons. The predicted octanol–water partition coefficient (Wildman–Crippen LogP) is 0.741. The van der Waals surface area contributed by atoms with Gasteiger partial charge in [0.2, 0.25) is 0 Å². The average molecular weight is 262 g/mol. The molecule has 0 bridgehead atoms. The first kappa shape index (κ1) is 14.9. The Kier molecular flexibility index (Phi) is 5.89. The van der Waals surface area contributed by atoms with Gasteiger partial charge in [-0.05, 0) is 45.3 Å². The molecule has 1 heterocycles. The molecule has 2 unspecified atom stereocenters. The third kappa shape index (κ3) is 7.01. The van der Waals surface area contributed by atoms with Gasteiger partial charge in [0.15, 0.2) is 0 Å².